The van der Waals surface area contributed by atoms with Crippen molar-refractivity contribution in [3.8, 4) is 22.8 Å². The zero-order valence-corrected chi connectivity index (χ0v) is 43.2. The number of pyridine rings is 1. The monoisotopic (exact) mass is 972 g/mol. The number of nitrogens with two attached hydrogens (primary N) is 1. The lowest BCUT2D eigenvalue weighted by Crippen LogP contribution is -2.42. The number of H-pyrrole nitrogens is 1. The summed E-state index contributed by atoms with van der Waals surface area (Å²) in [5.41, 5.74) is 12.7. The van der Waals surface area contributed by atoms with Gasteiger partial charge in [-0.3, -0.25) is 4.79 Å². The largest absolute Gasteiger partial charge is 0.508 e. The zero-order chi connectivity index (χ0) is 50.5. The van der Waals surface area contributed by atoms with Gasteiger partial charge < -0.3 is 41.4 Å². The smallest absolute Gasteiger partial charge is 0.309 e. The highest BCUT2D eigenvalue weighted by Crippen LogP contribution is 2.61. The van der Waals surface area contributed by atoms with E-state index in [-0.39, 0.29) is 65.4 Å². The Balaban J connectivity index is 1.14. The van der Waals surface area contributed by atoms with Gasteiger partial charge in [0.15, 0.2) is 0 Å². The molecule has 4 aromatic rings. The molecule has 4 aliphatic rings. The number of nitrogens with zero attached hydrogens (tertiary/aromatic N) is 1. The molecular formula is C61H85N3O7. The molecule has 2 aromatic heterocycles. The number of anilines is 1. The summed E-state index contributed by atoms with van der Waals surface area (Å²) in [5, 5.41) is 70.1. The number of carboxylic acids is 1. The number of hydrogen-bond donors (Lipinski definition) is 8. The number of rotatable bonds is 18. The number of aliphatic hydroxyl groups is 3. The van der Waals surface area contributed by atoms with Gasteiger partial charge in [-0.2, -0.15) is 0 Å². The topological polar surface area (TPSA) is 193 Å². The van der Waals surface area contributed by atoms with Crippen molar-refractivity contribution >= 4 is 11.8 Å². The molecule has 71 heavy (non-hydrogen) atoms. The maximum Gasteiger partial charge on any atom is 0.309 e. The molecule has 3 saturated carbocycles. The summed E-state index contributed by atoms with van der Waals surface area (Å²) in [6.07, 6.45) is 21.8. The highest BCUT2D eigenvalue weighted by Gasteiger charge is 2.57. The van der Waals surface area contributed by atoms with Crippen LogP contribution in [-0.4, -0.2) is 64.4 Å². The molecule has 10 unspecified atom stereocenters. The van der Waals surface area contributed by atoms with Crippen molar-refractivity contribution in [3.05, 3.63) is 106 Å². The predicted octanol–water partition coefficient (Wildman–Crippen LogP) is 12.6. The van der Waals surface area contributed by atoms with Crippen LogP contribution in [0.4, 0.5) is 5.82 Å². The standard InChI is InChI=1S/C61H85N3O7/c1-5-7-8-13-39-18-21-43(54(67)31-39)14-9-10-15-44-22-23-48(52-32-41(6-2)58(64-52)50-35-47(65)36-55(68)49(50)30-40-16-19-42(20-17-40)38(3)4)51-33-46(37-61(51,71)28-24-53(66)57(44)59(69)70)60(26-11-12-27-60)45-25-29-63-56(62)34-45/h16-21,25,29,32,34-36,38-39,43-44,46,48,51,53-54,57,64-68,71H,5-15,22-24,26-28,30-31,33,37H2,1-4H3,(H2,62,63)(H,69,70). The van der Waals surface area contributed by atoms with E-state index in [9.17, 15) is 35.4 Å². The fourth-order valence-corrected chi connectivity index (χ4v) is 14.3. The van der Waals surface area contributed by atoms with Gasteiger partial charge in [-0.05, 0) is 165 Å². The average Bonchev–Trinajstić information content (AvgIpc) is 4.10. The van der Waals surface area contributed by atoms with Gasteiger partial charge in [-0.15, -0.1) is 0 Å². The number of allylic oxidation sites excluding steroid dienone is 1. The van der Waals surface area contributed by atoms with Crippen molar-refractivity contribution in [2.45, 2.75) is 198 Å². The molecule has 10 nitrogen and oxygen atoms in total. The van der Waals surface area contributed by atoms with Crippen molar-refractivity contribution < 1.29 is 35.4 Å². The van der Waals surface area contributed by atoms with Crippen molar-refractivity contribution in [2.75, 3.05) is 5.73 Å². The number of benzene rings is 2. The number of carbonyl (C=O) groups is 1. The molecule has 10 atom stereocenters. The molecule has 386 valence electrons. The number of phenolic OH excluding ortho intramolecular Hbond substituents is 2. The van der Waals surface area contributed by atoms with Crippen LogP contribution >= 0.6 is 0 Å². The molecule has 3 fully saturated rings. The predicted molar refractivity (Wildman–Crippen MR) is 283 cm³/mol. The quantitative estimate of drug-likeness (QED) is 0.0354. The second kappa shape index (κ2) is 23.1. The maximum absolute atomic E-state index is 13.4. The van der Waals surface area contributed by atoms with Gasteiger partial charge in [0, 0.05) is 53.0 Å². The summed E-state index contributed by atoms with van der Waals surface area (Å²) in [7, 11) is 0. The van der Waals surface area contributed by atoms with E-state index in [0.29, 0.717) is 61.7 Å². The molecule has 8 rings (SSSR count). The molecule has 0 bridgehead atoms. The van der Waals surface area contributed by atoms with Gasteiger partial charge in [0.25, 0.3) is 0 Å². The lowest BCUT2D eigenvalue weighted by molar-refractivity contribution is -0.150. The number of aromatic hydroxyl groups is 2. The van der Waals surface area contributed by atoms with Crippen LogP contribution in [0.2, 0.25) is 0 Å². The Morgan fingerprint density at radius 1 is 0.859 bits per heavy atom. The summed E-state index contributed by atoms with van der Waals surface area (Å²) >= 11 is 0. The Morgan fingerprint density at radius 2 is 1.61 bits per heavy atom. The molecule has 0 aliphatic heterocycles. The number of aromatic amines is 1. The number of nitrogens with one attached hydrogen (secondary N) is 1. The Bertz CT molecular complexity index is 2420. The second-order valence-electron chi connectivity index (χ2n) is 23.0. The van der Waals surface area contributed by atoms with Crippen LogP contribution in [0.5, 0.6) is 11.5 Å². The second-order valence-corrected chi connectivity index (χ2v) is 23.0. The molecule has 0 radical (unpaired) electrons. The summed E-state index contributed by atoms with van der Waals surface area (Å²) in [6.45, 7) is 8.67. The Hall–Kier alpha value is -4.64. The van der Waals surface area contributed by atoms with E-state index in [1.54, 1.807) is 12.3 Å². The minimum atomic E-state index is -1.18. The number of hydrogen-bond acceptors (Lipinski definition) is 8. The highest BCUT2D eigenvalue weighted by atomic mass is 16.4. The first-order valence-electron chi connectivity index (χ1n) is 27.7. The first kappa shape index (κ1) is 52.7. The van der Waals surface area contributed by atoms with Crippen LogP contribution in [0.25, 0.3) is 11.3 Å². The molecule has 9 N–H and O–H groups in total. The number of aromatic nitrogens is 2. The molecule has 0 amide bonds. The summed E-state index contributed by atoms with van der Waals surface area (Å²) in [4.78, 5) is 21.6. The van der Waals surface area contributed by atoms with Crippen LogP contribution in [0.3, 0.4) is 0 Å². The van der Waals surface area contributed by atoms with E-state index in [4.69, 9.17) is 5.73 Å². The first-order chi connectivity index (χ1) is 34.1. The van der Waals surface area contributed by atoms with Crippen LogP contribution in [-0.2, 0) is 23.1 Å². The Morgan fingerprint density at radius 3 is 2.30 bits per heavy atom. The van der Waals surface area contributed by atoms with Crippen molar-refractivity contribution in [1.29, 1.82) is 0 Å². The number of aryl methyl sites for hydroxylation is 1. The third-order valence-corrected chi connectivity index (χ3v) is 18.3. The van der Waals surface area contributed by atoms with E-state index < -0.39 is 23.6 Å². The van der Waals surface area contributed by atoms with E-state index in [1.165, 1.54) is 36.5 Å². The fraction of sp³-hybridized carbons (Fsp3) is 0.607. The van der Waals surface area contributed by atoms with E-state index in [2.05, 4.69) is 86.2 Å². The SMILES string of the molecule is CCCCCC1C=CC(CCCCC2CCC(c3cc(CC)c(-c4cc(O)cc(O)c4Cc4ccc(C(C)C)cc4)[nH]3)C3CC(C4(c5ccnc(N)c5)CCCC4)CC3(O)CCC(O)C2C(=O)O)C(O)C1. The third kappa shape index (κ3) is 11.8. The molecular weight excluding hydrogens is 887 g/mol. The number of aliphatic carboxylic acids is 1. The molecule has 2 heterocycles. The Labute approximate surface area is 423 Å². The van der Waals surface area contributed by atoms with Gasteiger partial charge in [-0.1, -0.05) is 109 Å². The van der Waals surface area contributed by atoms with E-state index >= 15 is 0 Å². The third-order valence-electron chi connectivity index (χ3n) is 18.3. The molecule has 2 aromatic carbocycles. The molecule has 0 spiro atoms. The van der Waals surface area contributed by atoms with Crippen molar-refractivity contribution in [1.82, 2.24) is 9.97 Å². The fourth-order valence-electron chi connectivity index (χ4n) is 14.3. The molecule has 4 aliphatic carbocycles. The van der Waals surface area contributed by atoms with Gasteiger partial charge in [0.1, 0.15) is 17.3 Å². The van der Waals surface area contributed by atoms with Crippen LogP contribution in [0.1, 0.15) is 195 Å². The number of carboxylic acid groups (broad SMARTS) is 1. The van der Waals surface area contributed by atoms with Gasteiger partial charge >= 0.3 is 5.97 Å². The van der Waals surface area contributed by atoms with Gasteiger partial charge in [0.05, 0.1) is 23.7 Å². The highest BCUT2D eigenvalue weighted by molar-refractivity contribution is 5.73. The number of unbranched alkanes of at least 4 members (excludes halogenated alkanes) is 3. The lowest BCUT2D eigenvalue weighted by Gasteiger charge is -2.40. The van der Waals surface area contributed by atoms with Gasteiger partial charge in [-0.25, -0.2) is 4.98 Å². The Kier molecular flexibility index (Phi) is 17.1. The van der Waals surface area contributed by atoms with E-state index in [0.717, 1.165) is 92.3 Å². The summed E-state index contributed by atoms with van der Waals surface area (Å²) in [6, 6.07) is 18.0. The van der Waals surface area contributed by atoms with Crippen molar-refractivity contribution in [3.63, 3.8) is 0 Å². The number of nitrogen functional groups attached to an aromatic ring is 1. The van der Waals surface area contributed by atoms with Crippen LogP contribution < -0.4 is 5.73 Å². The molecule has 0 saturated heterocycles. The minimum absolute atomic E-state index is 0.0261. The number of phenols is 2. The van der Waals surface area contributed by atoms with E-state index in [1.807, 2.05) is 6.07 Å². The first-order valence-corrected chi connectivity index (χ1v) is 27.7. The average molecular weight is 972 g/mol. The minimum Gasteiger partial charge on any atom is -0.508 e. The maximum atomic E-state index is 13.4. The van der Waals surface area contributed by atoms with Gasteiger partial charge in [0.2, 0.25) is 0 Å². The number of fused-ring (bicyclic) bond motifs is 1. The normalized spacial score (nSPS) is 28.8. The summed E-state index contributed by atoms with van der Waals surface area (Å²) in [5.74, 6) is -1.10. The number of aliphatic hydroxyl groups excluding tert-OH is 2. The molecule has 10 heteroatoms. The van der Waals surface area contributed by atoms with Crippen LogP contribution in [0.15, 0.2) is 72.9 Å². The summed E-state index contributed by atoms with van der Waals surface area (Å²) < 4.78 is 0. The van der Waals surface area contributed by atoms with Crippen LogP contribution in [0, 0.1) is 35.5 Å². The lowest BCUT2D eigenvalue weighted by atomic mass is 9.67. The zero-order valence-electron chi connectivity index (χ0n) is 43.2. The van der Waals surface area contributed by atoms with Crippen molar-refractivity contribution in [2.24, 2.45) is 35.5 Å².